The van der Waals surface area contributed by atoms with E-state index in [1.54, 1.807) is 5.38 Å². The summed E-state index contributed by atoms with van der Waals surface area (Å²) >= 11 is 1.19. The Balaban J connectivity index is 2.27. The molecule has 3 N–H and O–H groups in total. The minimum atomic E-state index is -3.75. The molecule has 0 bridgehead atoms. The van der Waals surface area contributed by atoms with Gasteiger partial charge in [-0.1, -0.05) is 30.3 Å². The zero-order valence-corrected chi connectivity index (χ0v) is 9.75. The number of hydrogen-bond donors (Lipinski definition) is 2. The molecule has 0 radical (unpaired) electrons. The van der Waals surface area contributed by atoms with Crippen LogP contribution in [0.15, 0.2) is 35.7 Å². The maximum absolute atomic E-state index is 10.8. The molecule has 0 aliphatic carbocycles. The van der Waals surface area contributed by atoms with Crippen molar-refractivity contribution in [3.8, 4) is 11.3 Å². The Hall–Kier alpha value is -1.44. The van der Waals surface area contributed by atoms with Gasteiger partial charge in [0.2, 0.25) is 0 Å². The minimum absolute atomic E-state index is 0.265. The van der Waals surface area contributed by atoms with Crippen molar-refractivity contribution in [3.05, 3.63) is 35.7 Å². The summed E-state index contributed by atoms with van der Waals surface area (Å²) in [4.78, 5) is 4.11. The monoisotopic (exact) mass is 255 g/mol. The van der Waals surface area contributed by atoms with E-state index in [1.165, 1.54) is 11.3 Å². The number of anilines is 1. The molecule has 0 amide bonds. The maximum atomic E-state index is 10.8. The van der Waals surface area contributed by atoms with Crippen LogP contribution in [-0.2, 0) is 10.2 Å². The van der Waals surface area contributed by atoms with Gasteiger partial charge in [0.1, 0.15) is 0 Å². The zero-order valence-electron chi connectivity index (χ0n) is 8.12. The lowest BCUT2D eigenvalue weighted by atomic mass is 10.2. The first kappa shape index (κ1) is 11.1. The SMILES string of the molecule is NS(=O)(=O)Nc1nc(-c2ccccc2)cs1. The molecule has 1 aromatic heterocycles. The molecule has 0 spiro atoms. The van der Waals surface area contributed by atoms with E-state index in [0.29, 0.717) is 0 Å². The fraction of sp³-hybridized carbons (Fsp3) is 0. The van der Waals surface area contributed by atoms with E-state index in [0.717, 1.165) is 11.3 Å². The summed E-state index contributed by atoms with van der Waals surface area (Å²) in [6.07, 6.45) is 0. The molecular formula is C9H9N3O2S2. The summed E-state index contributed by atoms with van der Waals surface area (Å²) in [6.45, 7) is 0. The second kappa shape index (κ2) is 4.20. The first-order valence-corrected chi connectivity index (χ1v) is 6.79. The number of benzene rings is 1. The van der Waals surface area contributed by atoms with Crippen LogP contribution < -0.4 is 9.86 Å². The van der Waals surface area contributed by atoms with Crippen LogP contribution in [-0.4, -0.2) is 13.4 Å². The van der Waals surface area contributed by atoms with Gasteiger partial charge >= 0.3 is 0 Å². The van der Waals surface area contributed by atoms with Crippen LogP contribution in [0.3, 0.4) is 0 Å². The van der Waals surface area contributed by atoms with Crippen molar-refractivity contribution >= 4 is 26.7 Å². The standard InChI is InChI=1S/C9H9N3O2S2/c10-16(13,14)12-9-11-8(6-15-9)7-4-2-1-3-5-7/h1-6H,(H,11,12)(H2,10,13,14). The van der Waals surface area contributed by atoms with Crippen LogP contribution in [0.2, 0.25) is 0 Å². The van der Waals surface area contributed by atoms with E-state index in [1.807, 2.05) is 30.3 Å². The van der Waals surface area contributed by atoms with Crippen molar-refractivity contribution in [2.45, 2.75) is 0 Å². The Morgan fingerprint density at radius 1 is 1.25 bits per heavy atom. The number of nitrogens with one attached hydrogen (secondary N) is 1. The van der Waals surface area contributed by atoms with Gasteiger partial charge in [0.05, 0.1) is 5.69 Å². The fourth-order valence-corrected chi connectivity index (χ4v) is 2.58. The van der Waals surface area contributed by atoms with Crippen LogP contribution in [0.1, 0.15) is 0 Å². The third kappa shape index (κ3) is 2.78. The zero-order chi connectivity index (χ0) is 11.6. The largest absolute Gasteiger partial charge is 0.298 e. The molecule has 0 atom stereocenters. The minimum Gasteiger partial charge on any atom is -0.246 e. The lowest BCUT2D eigenvalue weighted by Gasteiger charge is -1.97. The molecule has 0 saturated heterocycles. The van der Waals surface area contributed by atoms with E-state index in [-0.39, 0.29) is 5.13 Å². The molecule has 0 aliphatic rings. The van der Waals surface area contributed by atoms with Gasteiger partial charge in [-0.2, -0.15) is 8.42 Å². The number of rotatable bonds is 3. The molecule has 7 heteroatoms. The molecule has 0 fully saturated rings. The number of hydrogen-bond acceptors (Lipinski definition) is 4. The smallest absolute Gasteiger partial charge is 0.246 e. The predicted octanol–water partition coefficient (Wildman–Crippen LogP) is 1.43. The Morgan fingerprint density at radius 3 is 2.56 bits per heavy atom. The summed E-state index contributed by atoms with van der Waals surface area (Å²) in [5, 5.41) is 6.88. The van der Waals surface area contributed by atoms with Crippen LogP contribution in [0.25, 0.3) is 11.3 Å². The third-order valence-electron chi connectivity index (χ3n) is 1.80. The van der Waals surface area contributed by atoms with Crippen molar-refractivity contribution in [1.29, 1.82) is 0 Å². The number of thiazole rings is 1. The van der Waals surface area contributed by atoms with E-state index < -0.39 is 10.2 Å². The van der Waals surface area contributed by atoms with Crippen molar-refractivity contribution < 1.29 is 8.42 Å². The number of nitrogens with two attached hydrogens (primary N) is 1. The van der Waals surface area contributed by atoms with Crippen molar-refractivity contribution in [2.24, 2.45) is 5.14 Å². The molecule has 1 aromatic carbocycles. The van der Waals surface area contributed by atoms with E-state index in [9.17, 15) is 8.42 Å². The first-order chi connectivity index (χ1) is 7.54. The number of nitrogens with zero attached hydrogens (tertiary/aromatic N) is 1. The number of aromatic nitrogens is 1. The summed E-state index contributed by atoms with van der Waals surface area (Å²) in [6, 6.07) is 9.48. The second-order valence-electron chi connectivity index (χ2n) is 3.05. The summed E-state index contributed by atoms with van der Waals surface area (Å²) < 4.78 is 23.7. The highest BCUT2D eigenvalue weighted by molar-refractivity contribution is 7.90. The molecule has 2 aromatic rings. The molecule has 5 nitrogen and oxygen atoms in total. The molecule has 1 heterocycles. The lowest BCUT2D eigenvalue weighted by Crippen LogP contribution is -2.21. The first-order valence-electron chi connectivity index (χ1n) is 4.36. The van der Waals surface area contributed by atoms with Gasteiger partial charge in [-0.3, -0.25) is 0 Å². The van der Waals surface area contributed by atoms with Gasteiger partial charge in [-0.05, 0) is 0 Å². The average molecular weight is 255 g/mol. The Bertz CT molecular complexity index is 578. The van der Waals surface area contributed by atoms with E-state index in [2.05, 4.69) is 9.71 Å². The van der Waals surface area contributed by atoms with Crippen LogP contribution in [0, 0.1) is 0 Å². The maximum Gasteiger partial charge on any atom is 0.298 e. The second-order valence-corrected chi connectivity index (χ2v) is 5.20. The Kier molecular flexibility index (Phi) is 2.90. The van der Waals surface area contributed by atoms with E-state index in [4.69, 9.17) is 5.14 Å². The summed E-state index contributed by atoms with van der Waals surface area (Å²) in [5.74, 6) is 0. The molecule has 84 valence electrons. The van der Waals surface area contributed by atoms with Gasteiger partial charge < -0.3 is 0 Å². The quantitative estimate of drug-likeness (QED) is 0.870. The Morgan fingerprint density at radius 2 is 1.94 bits per heavy atom. The summed E-state index contributed by atoms with van der Waals surface area (Å²) in [7, 11) is -3.75. The molecule has 2 rings (SSSR count). The Labute approximate surface area is 97.1 Å². The fourth-order valence-electron chi connectivity index (χ4n) is 1.18. The van der Waals surface area contributed by atoms with Gasteiger partial charge in [0, 0.05) is 10.9 Å². The molecular weight excluding hydrogens is 246 g/mol. The van der Waals surface area contributed by atoms with Crippen LogP contribution in [0.5, 0.6) is 0 Å². The highest BCUT2D eigenvalue weighted by atomic mass is 32.2. The average Bonchev–Trinajstić information content (AvgIpc) is 2.65. The molecule has 0 saturated carbocycles. The van der Waals surface area contributed by atoms with Crippen LogP contribution >= 0.6 is 11.3 Å². The van der Waals surface area contributed by atoms with Crippen molar-refractivity contribution in [3.63, 3.8) is 0 Å². The highest BCUT2D eigenvalue weighted by Gasteiger charge is 2.07. The molecule has 0 aliphatic heterocycles. The van der Waals surface area contributed by atoms with Crippen molar-refractivity contribution in [1.82, 2.24) is 4.98 Å². The highest BCUT2D eigenvalue weighted by Crippen LogP contribution is 2.24. The van der Waals surface area contributed by atoms with Crippen LogP contribution in [0.4, 0.5) is 5.13 Å². The molecule has 16 heavy (non-hydrogen) atoms. The van der Waals surface area contributed by atoms with Crippen molar-refractivity contribution in [2.75, 3.05) is 4.72 Å². The van der Waals surface area contributed by atoms with Gasteiger partial charge in [0.25, 0.3) is 10.2 Å². The topological polar surface area (TPSA) is 85.1 Å². The van der Waals surface area contributed by atoms with Gasteiger partial charge in [-0.25, -0.2) is 14.8 Å². The normalized spacial score (nSPS) is 11.3. The lowest BCUT2D eigenvalue weighted by molar-refractivity contribution is 0.603. The third-order valence-corrected chi connectivity index (χ3v) is 3.17. The van der Waals surface area contributed by atoms with Gasteiger partial charge in [-0.15, -0.1) is 11.3 Å². The predicted molar refractivity (Wildman–Crippen MR) is 64.3 cm³/mol. The van der Waals surface area contributed by atoms with E-state index >= 15 is 0 Å². The summed E-state index contributed by atoms with van der Waals surface area (Å²) in [5.41, 5.74) is 1.65. The van der Waals surface area contributed by atoms with Gasteiger partial charge in [0.15, 0.2) is 5.13 Å². The molecule has 0 unspecified atom stereocenters.